The molecule has 2 rings (SSSR count). The average molecular weight is 295 g/mol. The molecule has 0 aliphatic heterocycles. The summed E-state index contributed by atoms with van der Waals surface area (Å²) in [5, 5.41) is 3.89. The van der Waals surface area contributed by atoms with Crippen molar-refractivity contribution in [1.82, 2.24) is 0 Å². The number of rotatable bonds is 9. The monoisotopic (exact) mass is 295 g/mol. The van der Waals surface area contributed by atoms with Crippen LogP contribution in [0.2, 0.25) is 0 Å². The molecule has 2 aromatic rings. The summed E-state index contributed by atoms with van der Waals surface area (Å²) in [4.78, 5) is 2.96. The fourth-order valence-corrected chi connectivity index (χ4v) is 2.43. The van der Waals surface area contributed by atoms with Crippen molar-refractivity contribution < 1.29 is 4.42 Å². The van der Waals surface area contributed by atoms with Gasteiger partial charge < -0.3 is 4.42 Å². The molecule has 22 heavy (non-hydrogen) atoms. The molecule has 0 N–H and O–H groups in total. The zero-order chi connectivity index (χ0) is 15.6. The lowest BCUT2D eigenvalue weighted by atomic mass is 10.0. The van der Waals surface area contributed by atoms with Gasteiger partial charge in [0.25, 0.3) is 0 Å². The topological polar surface area (TPSA) is 61.9 Å². The Balaban J connectivity index is 2.01. The van der Waals surface area contributed by atoms with Gasteiger partial charge in [-0.05, 0) is 36.4 Å². The van der Waals surface area contributed by atoms with E-state index < -0.39 is 0 Å². The summed E-state index contributed by atoms with van der Waals surface area (Å²) in [5.74, 6) is 0.736. The van der Waals surface area contributed by atoms with Gasteiger partial charge in [-0.15, -0.1) is 6.58 Å². The van der Waals surface area contributed by atoms with E-state index in [1.165, 1.54) is 0 Å². The van der Waals surface area contributed by atoms with Crippen LogP contribution in [-0.2, 0) is 0 Å². The number of furan rings is 1. The van der Waals surface area contributed by atoms with Crippen LogP contribution in [0, 0.1) is 0 Å². The van der Waals surface area contributed by atoms with E-state index in [4.69, 9.17) is 9.95 Å². The van der Waals surface area contributed by atoms with Crippen LogP contribution in [0.3, 0.4) is 0 Å². The van der Waals surface area contributed by atoms with Crippen LogP contribution in [0.25, 0.3) is 21.6 Å². The molecule has 1 unspecified atom stereocenters. The molecule has 0 aliphatic rings. The van der Waals surface area contributed by atoms with Crippen LogP contribution in [0.15, 0.2) is 64.8 Å². The van der Waals surface area contributed by atoms with Crippen LogP contribution >= 0.6 is 0 Å². The van der Waals surface area contributed by atoms with E-state index >= 15 is 0 Å². The molecule has 0 amide bonds. The van der Waals surface area contributed by atoms with Gasteiger partial charge in [0.2, 0.25) is 0 Å². The largest absolute Gasteiger partial charge is 0.468 e. The van der Waals surface area contributed by atoms with Crippen LogP contribution in [0.5, 0.6) is 0 Å². The Hall–Kier alpha value is -2.45. The molecule has 4 nitrogen and oxygen atoms in total. The molecular weight excluding hydrogens is 274 g/mol. The molecule has 0 saturated carbocycles. The predicted octanol–water partition coefficient (Wildman–Crippen LogP) is 6.43. The van der Waals surface area contributed by atoms with E-state index in [2.05, 4.69) is 16.6 Å². The molecule has 0 bridgehead atoms. The summed E-state index contributed by atoms with van der Waals surface area (Å²) in [7, 11) is 0. The first-order chi connectivity index (χ1) is 10.8. The minimum atomic E-state index is -0.230. The number of unbranched alkanes of at least 4 members (excludes halogenated alkanes) is 3. The summed E-state index contributed by atoms with van der Waals surface area (Å²) in [6.07, 6.45) is 8.74. The van der Waals surface area contributed by atoms with Crippen molar-refractivity contribution in [1.29, 1.82) is 0 Å². The third-order valence-corrected chi connectivity index (χ3v) is 3.63. The number of nitrogens with zero attached hydrogens (tertiary/aromatic N) is 3. The van der Waals surface area contributed by atoms with Crippen LogP contribution in [0.4, 0.5) is 0 Å². The van der Waals surface area contributed by atoms with Gasteiger partial charge in [-0.2, -0.15) is 0 Å². The molecule has 1 aromatic carbocycles. The van der Waals surface area contributed by atoms with E-state index in [1.807, 2.05) is 42.5 Å². The van der Waals surface area contributed by atoms with Gasteiger partial charge in [0, 0.05) is 10.5 Å². The molecule has 1 aromatic heterocycles. The fourth-order valence-electron chi connectivity index (χ4n) is 2.43. The van der Waals surface area contributed by atoms with Crippen molar-refractivity contribution in [3.05, 3.63) is 71.5 Å². The number of benzene rings is 1. The first kappa shape index (κ1) is 15.9. The van der Waals surface area contributed by atoms with Crippen molar-refractivity contribution in [3.8, 4) is 11.1 Å². The molecular formula is C18H21N3O. The molecule has 0 aliphatic carbocycles. The van der Waals surface area contributed by atoms with Gasteiger partial charge in [-0.25, -0.2) is 0 Å². The molecule has 0 fully saturated rings. The minimum Gasteiger partial charge on any atom is -0.468 e. The highest BCUT2D eigenvalue weighted by Crippen LogP contribution is 2.30. The van der Waals surface area contributed by atoms with Crippen LogP contribution in [0.1, 0.15) is 43.9 Å². The van der Waals surface area contributed by atoms with Gasteiger partial charge in [0.15, 0.2) is 0 Å². The molecule has 0 radical (unpaired) electrons. The predicted molar refractivity (Wildman–Crippen MR) is 89.3 cm³/mol. The highest BCUT2D eigenvalue weighted by Gasteiger charge is 2.14. The van der Waals surface area contributed by atoms with E-state index in [0.29, 0.717) is 0 Å². The Morgan fingerprint density at radius 1 is 1.18 bits per heavy atom. The SMILES string of the molecule is C=CCCCCCC(N=[N+]=[N-])c1cc(-c2ccccc2)co1. The van der Waals surface area contributed by atoms with Crippen molar-refractivity contribution in [3.63, 3.8) is 0 Å². The van der Waals surface area contributed by atoms with Gasteiger partial charge in [0.1, 0.15) is 5.76 Å². The van der Waals surface area contributed by atoms with Crippen molar-refractivity contribution in [2.24, 2.45) is 5.11 Å². The summed E-state index contributed by atoms with van der Waals surface area (Å²) >= 11 is 0. The summed E-state index contributed by atoms with van der Waals surface area (Å²) in [5.41, 5.74) is 10.9. The lowest BCUT2D eigenvalue weighted by Crippen LogP contribution is -1.93. The third-order valence-electron chi connectivity index (χ3n) is 3.63. The van der Waals surface area contributed by atoms with E-state index in [9.17, 15) is 0 Å². The van der Waals surface area contributed by atoms with Crippen molar-refractivity contribution >= 4 is 0 Å². The van der Waals surface area contributed by atoms with Gasteiger partial charge in [-0.1, -0.05) is 54.4 Å². The van der Waals surface area contributed by atoms with Gasteiger partial charge >= 0.3 is 0 Å². The number of allylic oxidation sites excluding steroid dienone is 1. The first-order valence-corrected chi connectivity index (χ1v) is 7.64. The lowest BCUT2D eigenvalue weighted by Gasteiger charge is -2.07. The first-order valence-electron chi connectivity index (χ1n) is 7.64. The summed E-state index contributed by atoms with van der Waals surface area (Å²) in [6.45, 7) is 3.72. The lowest BCUT2D eigenvalue weighted by molar-refractivity contribution is 0.440. The highest BCUT2D eigenvalue weighted by molar-refractivity contribution is 5.62. The Morgan fingerprint density at radius 2 is 2.00 bits per heavy atom. The normalized spacial score (nSPS) is 11.6. The van der Waals surface area contributed by atoms with E-state index in [1.54, 1.807) is 6.26 Å². The van der Waals surface area contributed by atoms with Crippen LogP contribution in [-0.4, -0.2) is 0 Å². The summed E-state index contributed by atoms with van der Waals surface area (Å²) in [6, 6.07) is 11.8. The Morgan fingerprint density at radius 3 is 2.73 bits per heavy atom. The summed E-state index contributed by atoms with van der Waals surface area (Å²) < 4.78 is 5.63. The standard InChI is InChI=1S/C18H21N3O/c1-2-3-4-5-9-12-17(20-21-19)18-13-16(14-22-18)15-10-7-6-8-11-15/h2,6-8,10-11,13-14,17H,1,3-5,9,12H2. The Labute approximate surface area is 131 Å². The maximum atomic E-state index is 8.77. The van der Waals surface area contributed by atoms with Gasteiger partial charge in [0.05, 0.1) is 12.3 Å². The molecule has 4 heteroatoms. The van der Waals surface area contributed by atoms with E-state index in [0.717, 1.165) is 49.0 Å². The second-order valence-corrected chi connectivity index (χ2v) is 5.25. The maximum Gasteiger partial charge on any atom is 0.113 e. The molecule has 1 atom stereocenters. The number of hydrogen-bond acceptors (Lipinski definition) is 2. The molecule has 0 spiro atoms. The number of hydrogen-bond donors (Lipinski definition) is 0. The number of azide groups is 1. The fraction of sp³-hybridized carbons (Fsp3) is 0.333. The minimum absolute atomic E-state index is 0.230. The molecule has 0 saturated heterocycles. The smallest absolute Gasteiger partial charge is 0.113 e. The highest BCUT2D eigenvalue weighted by atomic mass is 16.3. The maximum absolute atomic E-state index is 8.77. The molecule has 1 heterocycles. The average Bonchev–Trinajstić information content (AvgIpc) is 3.04. The van der Waals surface area contributed by atoms with Gasteiger partial charge in [-0.3, -0.25) is 0 Å². The zero-order valence-corrected chi connectivity index (χ0v) is 12.7. The third kappa shape index (κ3) is 4.54. The second-order valence-electron chi connectivity index (χ2n) is 5.25. The van der Waals surface area contributed by atoms with Crippen molar-refractivity contribution in [2.45, 2.75) is 38.1 Å². The van der Waals surface area contributed by atoms with Crippen molar-refractivity contribution in [2.75, 3.05) is 0 Å². The Bertz CT molecular complexity index is 627. The zero-order valence-electron chi connectivity index (χ0n) is 12.7. The second kappa shape index (κ2) is 8.75. The van der Waals surface area contributed by atoms with E-state index in [-0.39, 0.29) is 6.04 Å². The Kier molecular flexibility index (Phi) is 6.34. The molecule has 114 valence electrons. The quantitative estimate of drug-likeness (QED) is 0.173. The van der Waals surface area contributed by atoms with Crippen LogP contribution < -0.4 is 0 Å².